The number of rotatable bonds is 5. The number of nitrogens with zero attached hydrogens (tertiary/aromatic N) is 3. The number of aliphatic hydroxyl groups is 1. The molecule has 0 spiro atoms. The van der Waals surface area contributed by atoms with Crippen LogP contribution in [0.4, 0.5) is 4.39 Å². The average Bonchev–Trinajstić information content (AvgIpc) is 3.27. The summed E-state index contributed by atoms with van der Waals surface area (Å²) >= 11 is 6.06. The minimum absolute atomic E-state index is 0.0463. The van der Waals surface area contributed by atoms with Gasteiger partial charge in [0, 0.05) is 30.2 Å². The van der Waals surface area contributed by atoms with Crippen molar-refractivity contribution < 1.29 is 14.3 Å². The average molecular weight is 496 g/mol. The Bertz CT molecular complexity index is 1460. The van der Waals surface area contributed by atoms with Gasteiger partial charge in [0.1, 0.15) is 5.82 Å². The first-order valence-corrected chi connectivity index (χ1v) is 11.7. The van der Waals surface area contributed by atoms with E-state index in [1.807, 2.05) is 0 Å². The molecule has 1 aliphatic rings. The van der Waals surface area contributed by atoms with Crippen LogP contribution in [0.2, 0.25) is 5.15 Å². The van der Waals surface area contributed by atoms with Gasteiger partial charge in [-0.2, -0.15) is 5.10 Å². The highest BCUT2D eigenvalue weighted by Gasteiger charge is 2.22. The van der Waals surface area contributed by atoms with E-state index in [9.17, 15) is 19.1 Å². The summed E-state index contributed by atoms with van der Waals surface area (Å²) in [6, 6.07) is 7.58. The summed E-state index contributed by atoms with van der Waals surface area (Å²) in [6.07, 6.45) is 7.06. The molecule has 10 heteroatoms. The monoisotopic (exact) mass is 495 g/mol. The fourth-order valence-corrected chi connectivity index (χ4v) is 4.66. The predicted molar refractivity (Wildman–Crippen MR) is 130 cm³/mol. The van der Waals surface area contributed by atoms with Gasteiger partial charge in [-0.25, -0.2) is 4.39 Å². The molecule has 1 amide bonds. The number of nitrogens with one attached hydrogen (secondary N) is 2. The molecule has 1 saturated carbocycles. The van der Waals surface area contributed by atoms with Crippen LogP contribution < -0.4 is 10.9 Å². The number of hydrogen-bond donors (Lipinski definition) is 3. The number of hydrogen-bond acceptors (Lipinski definition) is 5. The van der Waals surface area contributed by atoms with Gasteiger partial charge in [0.15, 0.2) is 5.15 Å². The number of benzene rings is 1. The minimum atomic E-state index is -0.552. The maximum atomic E-state index is 14.4. The fraction of sp³-hybridized carbons (Fsp3) is 0.280. The van der Waals surface area contributed by atoms with Gasteiger partial charge < -0.3 is 15.0 Å². The number of fused-ring (bicyclic) bond motifs is 1. The maximum Gasteiger partial charge on any atom is 0.260 e. The molecule has 0 atom stereocenters. The van der Waals surface area contributed by atoms with Crippen molar-refractivity contribution in [2.75, 3.05) is 0 Å². The Kier molecular flexibility index (Phi) is 6.36. The van der Waals surface area contributed by atoms with E-state index >= 15 is 0 Å². The van der Waals surface area contributed by atoms with Crippen molar-refractivity contribution >= 4 is 28.3 Å². The summed E-state index contributed by atoms with van der Waals surface area (Å²) < 4.78 is 15.8. The Balaban J connectivity index is 1.38. The second-order valence-electron chi connectivity index (χ2n) is 8.82. The largest absolute Gasteiger partial charge is 0.393 e. The van der Waals surface area contributed by atoms with Crippen LogP contribution in [0.3, 0.4) is 0 Å². The highest BCUT2D eigenvalue weighted by molar-refractivity contribution is 6.32. The van der Waals surface area contributed by atoms with Crippen LogP contribution in [0.5, 0.6) is 0 Å². The summed E-state index contributed by atoms with van der Waals surface area (Å²) in [7, 11) is 0. The lowest BCUT2D eigenvalue weighted by Crippen LogP contribution is -2.38. The highest BCUT2D eigenvalue weighted by atomic mass is 35.5. The lowest BCUT2D eigenvalue weighted by Gasteiger charge is -2.26. The number of pyridine rings is 2. The van der Waals surface area contributed by atoms with Crippen molar-refractivity contribution in [3.63, 3.8) is 0 Å². The summed E-state index contributed by atoms with van der Waals surface area (Å²) in [6.45, 7) is 0.0950. The summed E-state index contributed by atoms with van der Waals surface area (Å²) in [5, 5.41) is 20.5. The van der Waals surface area contributed by atoms with Crippen LogP contribution in [-0.4, -0.2) is 42.9 Å². The molecular weight excluding hydrogens is 473 g/mol. The van der Waals surface area contributed by atoms with Crippen LogP contribution in [-0.2, 0) is 6.54 Å². The third kappa shape index (κ3) is 4.96. The molecule has 1 fully saturated rings. The smallest absolute Gasteiger partial charge is 0.260 e. The standard InChI is InChI=1S/C25H23ClFN5O3/c26-23-21(12-29-31-23)22-10-15-5-6-32(25(35)20(15)11-28-22)13-14-7-16(9-17(27)8-14)24(34)30-18-1-3-19(33)4-2-18/h5-12,18-19,33H,1-4,13H2,(H,29,31)(H,30,34)/t18-,19+. The quantitative estimate of drug-likeness (QED) is 0.391. The lowest BCUT2D eigenvalue weighted by atomic mass is 9.93. The number of halogens is 2. The molecule has 4 aromatic rings. The van der Waals surface area contributed by atoms with E-state index in [1.54, 1.807) is 30.6 Å². The molecule has 0 radical (unpaired) electrons. The first kappa shape index (κ1) is 23.2. The Morgan fingerprint density at radius 1 is 1.23 bits per heavy atom. The van der Waals surface area contributed by atoms with Crippen LogP contribution in [0, 0.1) is 5.82 Å². The third-order valence-corrected chi connectivity index (χ3v) is 6.62. The van der Waals surface area contributed by atoms with Crippen LogP contribution in [0.25, 0.3) is 22.0 Å². The topological polar surface area (TPSA) is 113 Å². The van der Waals surface area contributed by atoms with E-state index in [0.717, 1.165) is 0 Å². The molecule has 180 valence electrons. The van der Waals surface area contributed by atoms with Crippen LogP contribution >= 0.6 is 11.6 Å². The van der Waals surface area contributed by atoms with Crippen molar-refractivity contribution in [3.05, 3.63) is 81.4 Å². The van der Waals surface area contributed by atoms with Crippen LogP contribution in [0.1, 0.15) is 41.6 Å². The summed E-state index contributed by atoms with van der Waals surface area (Å²) in [4.78, 5) is 30.1. The van der Waals surface area contributed by atoms with Gasteiger partial charge in [0.05, 0.1) is 29.3 Å². The molecular formula is C25H23ClFN5O3. The molecule has 0 bridgehead atoms. The molecule has 8 nitrogen and oxygen atoms in total. The first-order valence-electron chi connectivity index (χ1n) is 11.3. The lowest BCUT2D eigenvalue weighted by molar-refractivity contribution is 0.0867. The van der Waals surface area contributed by atoms with Gasteiger partial charge >= 0.3 is 0 Å². The number of amides is 1. The molecule has 1 aliphatic carbocycles. The second kappa shape index (κ2) is 9.59. The van der Waals surface area contributed by atoms with Crippen molar-refractivity contribution in [1.29, 1.82) is 0 Å². The highest BCUT2D eigenvalue weighted by Crippen LogP contribution is 2.25. The molecule has 3 heterocycles. The Morgan fingerprint density at radius 2 is 2.03 bits per heavy atom. The zero-order valence-corrected chi connectivity index (χ0v) is 19.4. The Hall–Kier alpha value is -3.56. The number of aliphatic hydroxyl groups excluding tert-OH is 1. The first-order chi connectivity index (χ1) is 16.9. The van der Waals surface area contributed by atoms with E-state index < -0.39 is 5.82 Å². The summed E-state index contributed by atoms with van der Waals surface area (Å²) in [5.74, 6) is -0.920. The number of carbonyl (C=O) groups is 1. The maximum absolute atomic E-state index is 14.4. The van der Waals surface area contributed by atoms with E-state index in [4.69, 9.17) is 11.6 Å². The van der Waals surface area contributed by atoms with Crippen molar-refractivity contribution in [2.45, 2.75) is 44.4 Å². The van der Waals surface area contributed by atoms with Gasteiger partial charge in [0.2, 0.25) is 0 Å². The van der Waals surface area contributed by atoms with Gasteiger partial charge in [-0.1, -0.05) is 11.6 Å². The van der Waals surface area contributed by atoms with Gasteiger partial charge in [-0.3, -0.25) is 19.7 Å². The normalized spacial score (nSPS) is 18.0. The fourth-order valence-electron chi connectivity index (χ4n) is 4.46. The minimum Gasteiger partial charge on any atom is -0.393 e. The molecule has 1 aromatic carbocycles. The molecule has 0 unspecified atom stereocenters. The van der Waals surface area contributed by atoms with Crippen LogP contribution in [0.15, 0.2) is 53.7 Å². The zero-order chi connectivity index (χ0) is 24.5. The molecule has 0 aliphatic heterocycles. The molecule has 3 aromatic heterocycles. The number of aromatic amines is 1. The number of aromatic nitrogens is 4. The van der Waals surface area contributed by atoms with E-state index in [2.05, 4.69) is 20.5 Å². The van der Waals surface area contributed by atoms with Crippen molar-refractivity contribution in [3.8, 4) is 11.3 Å². The Labute approximate surface area is 204 Å². The number of H-pyrrole nitrogens is 1. The third-order valence-electron chi connectivity index (χ3n) is 6.34. The van der Waals surface area contributed by atoms with Gasteiger partial charge in [0.25, 0.3) is 11.5 Å². The summed E-state index contributed by atoms with van der Waals surface area (Å²) in [5.41, 5.74) is 1.62. The molecule has 0 saturated heterocycles. The molecule has 3 N–H and O–H groups in total. The van der Waals surface area contributed by atoms with Crippen molar-refractivity contribution in [2.24, 2.45) is 0 Å². The van der Waals surface area contributed by atoms with E-state index in [1.165, 1.54) is 22.9 Å². The number of carbonyl (C=O) groups excluding carboxylic acids is 1. The zero-order valence-electron chi connectivity index (χ0n) is 18.7. The van der Waals surface area contributed by atoms with Gasteiger partial charge in [-0.05, 0) is 67.0 Å². The molecule has 5 rings (SSSR count). The van der Waals surface area contributed by atoms with Gasteiger partial charge in [-0.15, -0.1) is 0 Å². The predicted octanol–water partition coefficient (Wildman–Crippen LogP) is 3.66. The van der Waals surface area contributed by atoms with Crippen molar-refractivity contribution in [1.82, 2.24) is 25.1 Å². The second-order valence-corrected chi connectivity index (χ2v) is 9.18. The SMILES string of the molecule is O=C(N[C@H]1CC[C@@H](O)CC1)c1cc(F)cc(Cn2ccc3cc(-c4c[nH]nc4Cl)ncc3c2=O)c1. The van der Waals surface area contributed by atoms with E-state index in [-0.39, 0.29) is 40.9 Å². The van der Waals surface area contributed by atoms with E-state index in [0.29, 0.717) is 53.3 Å². The molecule has 35 heavy (non-hydrogen) atoms. The Morgan fingerprint density at radius 3 is 2.77 bits per heavy atom.